The Balaban J connectivity index is 2.54. The van der Waals surface area contributed by atoms with Crippen LogP contribution in [0.2, 0.25) is 0 Å². The average molecular weight is 266 g/mol. The summed E-state index contributed by atoms with van der Waals surface area (Å²) in [6.07, 6.45) is 2.31. The number of ether oxygens (including phenoxy) is 1. The van der Waals surface area contributed by atoms with Crippen molar-refractivity contribution in [2.45, 2.75) is 37.8 Å². The van der Waals surface area contributed by atoms with E-state index in [1.54, 1.807) is 0 Å². The summed E-state index contributed by atoms with van der Waals surface area (Å²) >= 11 is 2.95. The lowest BCUT2D eigenvalue weighted by Crippen LogP contribution is -2.39. The zero-order valence-electron chi connectivity index (χ0n) is 7.65. The zero-order chi connectivity index (χ0) is 10.6. The van der Waals surface area contributed by atoms with Gasteiger partial charge in [0, 0.05) is 11.3 Å². The molecule has 0 aromatic heterocycles. The molecule has 0 aliphatic heterocycles. The van der Waals surface area contributed by atoms with Crippen LogP contribution in [-0.4, -0.2) is 28.4 Å². The minimum absolute atomic E-state index is 0.0912. The molecule has 0 spiro atoms. The number of nitro groups is 1. The molecule has 0 heterocycles. The van der Waals surface area contributed by atoms with Gasteiger partial charge in [0.1, 0.15) is 5.33 Å². The third-order valence-corrected chi connectivity index (χ3v) is 2.79. The van der Waals surface area contributed by atoms with E-state index >= 15 is 0 Å². The van der Waals surface area contributed by atoms with Crippen molar-refractivity contribution < 1.29 is 14.5 Å². The Labute approximate surface area is 90.1 Å². The summed E-state index contributed by atoms with van der Waals surface area (Å²) < 4.78 is 4.99. The van der Waals surface area contributed by atoms with E-state index in [4.69, 9.17) is 4.74 Å². The molecule has 0 N–H and O–H groups in total. The van der Waals surface area contributed by atoms with Crippen molar-refractivity contribution in [3.05, 3.63) is 10.1 Å². The molecule has 2 unspecified atom stereocenters. The first-order valence-corrected chi connectivity index (χ1v) is 5.66. The van der Waals surface area contributed by atoms with Crippen molar-refractivity contribution >= 4 is 21.9 Å². The minimum Gasteiger partial charge on any atom is -0.454 e. The molecule has 1 fully saturated rings. The molecule has 80 valence electrons. The van der Waals surface area contributed by atoms with Crippen LogP contribution in [-0.2, 0) is 9.53 Å². The van der Waals surface area contributed by atoms with Crippen LogP contribution in [0.1, 0.15) is 25.7 Å². The van der Waals surface area contributed by atoms with Gasteiger partial charge in [-0.2, -0.15) is 0 Å². The maximum Gasteiger partial charge on any atom is 0.317 e. The summed E-state index contributed by atoms with van der Waals surface area (Å²) in [5.41, 5.74) is 0. The molecule has 0 aromatic rings. The number of carbonyl (C=O) groups is 1. The highest BCUT2D eigenvalue weighted by molar-refractivity contribution is 9.09. The molecule has 2 atom stereocenters. The topological polar surface area (TPSA) is 69.4 Å². The second kappa shape index (κ2) is 5.29. The number of carbonyl (C=O) groups excluding carboxylic acids is 1. The quantitative estimate of drug-likeness (QED) is 0.336. The largest absolute Gasteiger partial charge is 0.454 e. The Kier molecular flexibility index (Phi) is 4.31. The molecule has 1 aliphatic carbocycles. The number of esters is 1. The van der Waals surface area contributed by atoms with Crippen LogP contribution in [0.25, 0.3) is 0 Å². The summed E-state index contributed by atoms with van der Waals surface area (Å²) in [6.45, 7) is 0. The highest BCUT2D eigenvalue weighted by atomic mass is 79.9. The average Bonchev–Trinajstić information content (AvgIpc) is 2.18. The first-order chi connectivity index (χ1) is 6.65. The smallest absolute Gasteiger partial charge is 0.317 e. The molecule has 0 amide bonds. The van der Waals surface area contributed by atoms with Gasteiger partial charge in [-0.15, -0.1) is 0 Å². The second-order valence-corrected chi connectivity index (χ2v) is 3.86. The van der Waals surface area contributed by atoms with Crippen molar-refractivity contribution in [2.75, 3.05) is 5.33 Å². The monoisotopic (exact) mass is 265 g/mol. The molecule has 1 saturated carbocycles. The lowest BCUT2D eigenvalue weighted by molar-refractivity contribution is -0.537. The van der Waals surface area contributed by atoms with Gasteiger partial charge >= 0.3 is 5.97 Å². The zero-order valence-corrected chi connectivity index (χ0v) is 9.23. The molecule has 1 aliphatic rings. The molecular weight excluding hydrogens is 254 g/mol. The van der Waals surface area contributed by atoms with Gasteiger partial charge in [0.05, 0.1) is 0 Å². The molecule has 0 radical (unpaired) electrons. The van der Waals surface area contributed by atoms with E-state index in [0.29, 0.717) is 12.8 Å². The van der Waals surface area contributed by atoms with Crippen molar-refractivity contribution in [2.24, 2.45) is 0 Å². The third kappa shape index (κ3) is 2.94. The highest BCUT2D eigenvalue weighted by Gasteiger charge is 2.36. The standard InChI is InChI=1S/C8H12BrNO4/c9-5-8(11)14-7-4-2-1-3-6(7)10(12)13/h6-7H,1-5H2. The van der Waals surface area contributed by atoms with Crippen LogP contribution in [0.5, 0.6) is 0 Å². The van der Waals surface area contributed by atoms with E-state index in [1.165, 1.54) is 0 Å². The van der Waals surface area contributed by atoms with E-state index in [-0.39, 0.29) is 10.3 Å². The maximum absolute atomic E-state index is 11.0. The van der Waals surface area contributed by atoms with Crippen LogP contribution in [0, 0.1) is 10.1 Å². The van der Waals surface area contributed by atoms with E-state index in [9.17, 15) is 14.9 Å². The van der Waals surface area contributed by atoms with E-state index < -0.39 is 18.1 Å². The Morgan fingerprint density at radius 1 is 1.50 bits per heavy atom. The summed E-state index contributed by atoms with van der Waals surface area (Å²) in [5.74, 6) is -0.427. The summed E-state index contributed by atoms with van der Waals surface area (Å²) in [6, 6.07) is -0.716. The van der Waals surface area contributed by atoms with Gasteiger partial charge in [-0.05, 0) is 19.3 Å². The number of alkyl halides is 1. The fourth-order valence-corrected chi connectivity index (χ4v) is 1.79. The van der Waals surface area contributed by atoms with Crippen LogP contribution < -0.4 is 0 Å². The van der Waals surface area contributed by atoms with Gasteiger partial charge in [-0.1, -0.05) is 15.9 Å². The number of rotatable bonds is 3. The van der Waals surface area contributed by atoms with Gasteiger partial charge in [0.2, 0.25) is 6.04 Å². The lowest BCUT2D eigenvalue weighted by atomic mass is 9.93. The molecule has 5 nitrogen and oxygen atoms in total. The molecule has 0 bridgehead atoms. The van der Waals surface area contributed by atoms with Crippen molar-refractivity contribution in [3.63, 3.8) is 0 Å². The van der Waals surface area contributed by atoms with Gasteiger partial charge in [0.25, 0.3) is 0 Å². The number of nitrogens with zero attached hydrogens (tertiary/aromatic N) is 1. The lowest BCUT2D eigenvalue weighted by Gasteiger charge is -2.24. The first-order valence-electron chi connectivity index (χ1n) is 4.54. The molecule has 6 heteroatoms. The van der Waals surface area contributed by atoms with Gasteiger partial charge in [-0.25, -0.2) is 0 Å². The van der Waals surface area contributed by atoms with Gasteiger partial charge < -0.3 is 4.74 Å². The predicted octanol–water partition coefficient (Wildman–Crippen LogP) is 1.51. The van der Waals surface area contributed by atoms with Crippen LogP contribution in [0.15, 0.2) is 0 Å². The van der Waals surface area contributed by atoms with E-state index in [2.05, 4.69) is 15.9 Å². The van der Waals surface area contributed by atoms with Crippen LogP contribution >= 0.6 is 15.9 Å². The third-order valence-electron chi connectivity index (χ3n) is 2.33. The molecule has 0 saturated heterocycles. The fourth-order valence-electron chi connectivity index (χ4n) is 1.66. The Morgan fingerprint density at radius 2 is 2.14 bits per heavy atom. The number of hydrogen-bond donors (Lipinski definition) is 0. The number of halogens is 1. The van der Waals surface area contributed by atoms with E-state index in [1.807, 2.05) is 0 Å². The maximum atomic E-state index is 11.0. The normalized spacial score (nSPS) is 26.9. The van der Waals surface area contributed by atoms with Crippen molar-refractivity contribution in [1.29, 1.82) is 0 Å². The van der Waals surface area contributed by atoms with Gasteiger partial charge in [0.15, 0.2) is 6.10 Å². The van der Waals surface area contributed by atoms with Crippen LogP contribution in [0.4, 0.5) is 0 Å². The Hall–Kier alpha value is -0.650. The van der Waals surface area contributed by atoms with Crippen LogP contribution in [0.3, 0.4) is 0 Å². The Morgan fingerprint density at radius 3 is 2.71 bits per heavy atom. The predicted molar refractivity (Wildman–Crippen MR) is 52.9 cm³/mol. The summed E-state index contributed by atoms with van der Waals surface area (Å²) in [7, 11) is 0. The highest BCUT2D eigenvalue weighted by Crippen LogP contribution is 2.23. The molecule has 0 aromatic carbocycles. The fraction of sp³-hybridized carbons (Fsp3) is 0.875. The van der Waals surface area contributed by atoms with Gasteiger partial charge in [-0.3, -0.25) is 14.9 Å². The SMILES string of the molecule is O=C(CBr)OC1CCCCC1[N+](=O)[O-]. The minimum atomic E-state index is -0.716. The molecule has 14 heavy (non-hydrogen) atoms. The molecule has 1 rings (SSSR count). The Bertz CT molecular complexity index is 233. The summed E-state index contributed by atoms with van der Waals surface area (Å²) in [4.78, 5) is 21.3. The number of hydrogen-bond acceptors (Lipinski definition) is 4. The summed E-state index contributed by atoms with van der Waals surface area (Å²) in [5, 5.41) is 10.7. The first kappa shape index (κ1) is 11.4. The van der Waals surface area contributed by atoms with E-state index in [0.717, 1.165) is 12.8 Å². The molecular formula is C8H12BrNO4. The second-order valence-electron chi connectivity index (χ2n) is 3.30. The van der Waals surface area contributed by atoms with Crippen molar-refractivity contribution in [3.8, 4) is 0 Å². The van der Waals surface area contributed by atoms with Crippen molar-refractivity contribution in [1.82, 2.24) is 0 Å².